The number of aromatic nitrogens is 3. The van der Waals surface area contributed by atoms with Crippen LogP contribution in [0.3, 0.4) is 0 Å². The molecule has 8 nitrogen and oxygen atoms in total. The van der Waals surface area contributed by atoms with Crippen LogP contribution >= 0.6 is 0 Å². The predicted octanol–water partition coefficient (Wildman–Crippen LogP) is 2.90. The van der Waals surface area contributed by atoms with Crippen molar-refractivity contribution in [3.8, 4) is 17.3 Å². The first-order valence-electron chi connectivity index (χ1n) is 10.2. The molecule has 156 valence electrons. The smallest absolute Gasteiger partial charge is 0.227 e. The van der Waals surface area contributed by atoms with E-state index in [2.05, 4.69) is 31.7 Å². The van der Waals surface area contributed by atoms with Gasteiger partial charge in [-0.05, 0) is 29.8 Å². The van der Waals surface area contributed by atoms with Gasteiger partial charge in [0.05, 0.1) is 48.6 Å². The Kier molecular flexibility index (Phi) is 4.77. The summed E-state index contributed by atoms with van der Waals surface area (Å²) in [4.78, 5) is 13.5. The highest BCUT2D eigenvalue weighted by Crippen LogP contribution is 2.41. The van der Waals surface area contributed by atoms with Crippen molar-refractivity contribution in [2.24, 2.45) is 0 Å². The molecule has 2 aromatic heterocycles. The molecular weight excluding hydrogens is 392 g/mol. The monoisotopic (exact) mass is 414 g/mol. The number of aliphatic hydroxyl groups excluding tert-OH is 1. The topological polar surface area (TPSA) is 116 Å². The van der Waals surface area contributed by atoms with Crippen LogP contribution in [0.25, 0.3) is 11.3 Å². The first kappa shape index (κ1) is 19.4. The molecule has 1 atom stereocenters. The van der Waals surface area contributed by atoms with Gasteiger partial charge in [-0.25, -0.2) is 9.97 Å². The van der Waals surface area contributed by atoms with Crippen molar-refractivity contribution in [1.82, 2.24) is 15.0 Å². The fraction of sp³-hybridized carbons (Fsp3) is 0.304. The Labute approximate surface area is 180 Å². The molecule has 0 amide bonds. The van der Waals surface area contributed by atoms with E-state index in [1.165, 1.54) is 0 Å². The molecule has 1 aromatic carbocycles. The highest BCUT2D eigenvalue weighted by Gasteiger charge is 2.35. The average Bonchev–Trinajstić information content (AvgIpc) is 3.16. The van der Waals surface area contributed by atoms with Gasteiger partial charge in [0.2, 0.25) is 5.95 Å². The number of fused-ring (bicyclic) bond motifs is 2. The van der Waals surface area contributed by atoms with Gasteiger partial charge in [0, 0.05) is 41.4 Å². The standard InChI is InChI=1S/C23H22N6O2/c1-23(13-30)12-27-21-15(9-24)6-14(8-18(21)23)20-2-4-25-22(29-20)28-17-7-16-11-31-5-3-19(16)26-10-17/h2,4,6-8,10,27,30H,3,5,11-13H2,1H3,(H,25,28,29). The maximum Gasteiger partial charge on any atom is 0.227 e. The Morgan fingerprint density at radius 2 is 2.23 bits per heavy atom. The molecule has 0 saturated heterocycles. The molecule has 2 aliphatic rings. The molecule has 1 unspecified atom stereocenters. The maximum absolute atomic E-state index is 9.92. The molecule has 4 heterocycles. The van der Waals surface area contributed by atoms with Crippen LogP contribution < -0.4 is 10.6 Å². The van der Waals surface area contributed by atoms with Gasteiger partial charge in [-0.15, -0.1) is 0 Å². The van der Waals surface area contributed by atoms with Crippen LogP contribution in [0.1, 0.15) is 29.3 Å². The van der Waals surface area contributed by atoms with Crippen molar-refractivity contribution in [2.75, 3.05) is 30.4 Å². The number of anilines is 3. The zero-order valence-electron chi connectivity index (χ0n) is 17.1. The third-order valence-electron chi connectivity index (χ3n) is 5.92. The molecule has 5 rings (SSSR count). The number of aliphatic hydroxyl groups is 1. The van der Waals surface area contributed by atoms with Crippen molar-refractivity contribution < 1.29 is 9.84 Å². The fourth-order valence-electron chi connectivity index (χ4n) is 4.08. The van der Waals surface area contributed by atoms with Gasteiger partial charge in [0.1, 0.15) is 6.07 Å². The average molecular weight is 414 g/mol. The van der Waals surface area contributed by atoms with Crippen LogP contribution in [0.15, 0.2) is 36.7 Å². The number of hydrogen-bond donors (Lipinski definition) is 3. The molecule has 0 fully saturated rings. The van der Waals surface area contributed by atoms with Crippen molar-refractivity contribution in [2.45, 2.75) is 25.4 Å². The van der Waals surface area contributed by atoms with Crippen molar-refractivity contribution in [3.63, 3.8) is 0 Å². The molecule has 3 N–H and O–H groups in total. The Balaban J connectivity index is 1.49. The molecule has 31 heavy (non-hydrogen) atoms. The van der Waals surface area contributed by atoms with E-state index in [4.69, 9.17) is 4.74 Å². The quantitative estimate of drug-likeness (QED) is 0.597. The maximum atomic E-state index is 9.92. The summed E-state index contributed by atoms with van der Waals surface area (Å²) in [6.45, 7) is 3.82. The van der Waals surface area contributed by atoms with Crippen LogP contribution in [0.4, 0.5) is 17.3 Å². The van der Waals surface area contributed by atoms with E-state index in [0.29, 0.717) is 37.0 Å². The van der Waals surface area contributed by atoms with E-state index in [1.807, 2.05) is 31.2 Å². The number of nitriles is 1. The van der Waals surface area contributed by atoms with Gasteiger partial charge < -0.3 is 20.5 Å². The minimum Gasteiger partial charge on any atom is -0.395 e. The second-order valence-corrected chi connectivity index (χ2v) is 8.15. The number of benzene rings is 1. The molecule has 8 heteroatoms. The number of nitrogens with zero attached hydrogens (tertiary/aromatic N) is 4. The van der Waals surface area contributed by atoms with Gasteiger partial charge in [0.15, 0.2) is 0 Å². The lowest BCUT2D eigenvalue weighted by molar-refractivity contribution is 0.109. The van der Waals surface area contributed by atoms with E-state index in [-0.39, 0.29) is 6.61 Å². The summed E-state index contributed by atoms with van der Waals surface area (Å²) in [7, 11) is 0. The predicted molar refractivity (Wildman–Crippen MR) is 116 cm³/mol. The van der Waals surface area contributed by atoms with Crippen LogP contribution in [-0.4, -0.2) is 39.8 Å². The summed E-state index contributed by atoms with van der Waals surface area (Å²) in [6, 6.07) is 9.90. The molecule has 0 saturated carbocycles. The van der Waals surface area contributed by atoms with E-state index in [1.54, 1.807) is 12.4 Å². The highest BCUT2D eigenvalue weighted by atomic mass is 16.5. The Morgan fingerprint density at radius 1 is 1.32 bits per heavy atom. The zero-order chi connectivity index (χ0) is 21.4. The Bertz CT molecular complexity index is 1210. The van der Waals surface area contributed by atoms with E-state index in [9.17, 15) is 10.4 Å². The van der Waals surface area contributed by atoms with Gasteiger partial charge in [-0.3, -0.25) is 4.98 Å². The van der Waals surface area contributed by atoms with E-state index >= 15 is 0 Å². The Morgan fingerprint density at radius 3 is 3.06 bits per heavy atom. The van der Waals surface area contributed by atoms with Gasteiger partial charge >= 0.3 is 0 Å². The number of ether oxygens (including phenoxy) is 1. The molecule has 0 spiro atoms. The van der Waals surface area contributed by atoms with Gasteiger partial charge in [0.25, 0.3) is 0 Å². The summed E-state index contributed by atoms with van der Waals surface area (Å²) >= 11 is 0. The normalized spacial score (nSPS) is 19.1. The molecular formula is C23H22N6O2. The van der Waals surface area contributed by atoms with E-state index < -0.39 is 5.41 Å². The summed E-state index contributed by atoms with van der Waals surface area (Å²) in [6.07, 6.45) is 4.28. The van der Waals surface area contributed by atoms with Crippen LogP contribution in [0.5, 0.6) is 0 Å². The van der Waals surface area contributed by atoms with Crippen molar-refractivity contribution in [3.05, 3.63) is 59.0 Å². The van der Waals surface area contributed by atoms with Gasteiger partial charge in [-0.2, -0.15) is 5.26 Å². The van der Waals surface area contributed by atoms with Crippen molar-refractivity contribution in [1.29, 1.82) is 5.26 Å². The number of pyridine rings is 1. The summed E-state index contributed by atoms with van der Waals surface area (Å²) in [5, 5.41) is 26.0. The Hall–Kier alpha value is -3.54. The lowest BCUT2D eigenvalue weighted by atomic mass is 9.83. The summed E-state index contributed by atoms with van der Waals surface area (Å²) < 4.78 is 5.51. The third kappa shape index (κ3) is 3.48. The van der Waals surface area contributed by atoms with Crippen LogP contribution in [-0.2, 0) is 23.2 Å². The lowest BCUT2D eigenvalue weighted by Gasteiger charge is -2.21. The first-order chi connectivity index (χ1) is 15.1. The summed E-state index contributed by atoms with van der Waals surface area (Å²) in [5.74, 6) is 0.443. The van der Waals surface area contributed by atoms with Crippen LogP contribution in [0, 0.1) is 11.3 Å². The van der Waals surface area contributed by atoms with Crippen LogP contribution in [0.2, 0.25) is 0 Å². The molecule has 0 bridgehead atoms. The van der Waals surface area contributed by atoms with Gasteiger partial charge in [-0.1, -0.05) is 6.92 Å². The molecule has 0 aliphatic carbocycles. The second kappa shape index (κ2) is 7.61. The minimum atomic E-state index is -0.443. The number of nitrogens with one attached hydrogen (secondary N) is 2. The summed E-state index contributed by atoms with van der Waals surface area (Å²) in [5.41, 5.74) is 6.24. The SMILES string of the molecule is CC1(CO)CNc2c(C#N)cc(-c3ccnc(Nc4cnc5c(c4)COCC5)n3)cc21. The minimum absolute atomic E-state index is 0.00700. The highest BCUT2D eigenvalue weighted by molar-refractivity contribution is 5.76. The first-order valence-corrected chi connectivity index (χ1v) is 10.2. The zero-order valence-corrected chi connectivity index (χ0v) is 17.1. The largest absolute Gasteiger partial charge is 0.395 e. The lowest BCUT2D eigenvalue weighted by Crippen LogP contribution is -2.28. The molecule has 2 aliphatic heterocycles. The fourth-order valence-corrected chi connectivity index (χ4v) is 4.08. The molecule has 3 aromatic rings. The third-order valence-corrected chi connectivity index (χ3v) is 5.92. The van der Waals surface area contributed by atoms with Crippen molar-refractivity contribution >= 4 is 17.3 Å². The molecule has 0 radical (unpaired) electrons. The second-order valence-electron chi connectivity index (χ2n) is 8.15. The number of rotatable bonds is 4. The number of hydrogen-bond acceptors (Lipinski definition) is 8. The van der Waals surface area contributed by atoms with E-state index in [0.717, 1.165) is 40.2 Å².